The van der Waals surface area contributed by atoms with Gasteiger partial charge in [0.1, 0.15) is 0 Å². The predicted molar refractivity (Wildman–Crippen MR) is 54.3 cm³/mol. The molecule has 13 heavy (non-hydrogen) atoms. The van der Waals surface area contributed by atoms with Crippen LogP contribution < -0.4 is 5.73 Å². The highest BCUT2D eigenvalue weighted by Crippen LogP contribution is 2.59. The van der Waals surface area contributed by atoms with Crippen LogP contribution in [-0.2, 0) is 0 Å². The van der Waals surface area contributed by atoms with Gasteiger partial charge in [-0.25, -0.2) is 0 Å². The van der Waals surface area contributed by atoms with Crippen molar-refractivity contribution in [3.63, 3.8) is 0 Å². The van der Waals surface area contributed by atoms with Crippen molar-refractivity contribution in [2.75, 3.05) is 0 Å². The molecule has 3 aliphatic carbocycles. The highest BCUT2D eigenvalue weighted by molar-refractivity contribution is 5.15. The normalized spacial score (nSPS) is 46.4. The standard InChI is InChI=1S/C12H21N/c13-12(10-6-1-2-7-10)8-11(12)9-4-3-5-9/h9-11H,1-8,13H2. The van der Waals surface area contributed by atoms with Gasteiger partial charge in [0.05, 0.1) is 0 Å². The molecule has 74 valence electrons. The first-order valence-electron chi connectivity index (χ1n) is 6.09. The zero-order chi connectivity index (χ0) is 8.89. The molecule has 2 atom stereocenters. The van der Waals surface area contributed by atoms with Crippen LogP contribution in [0.1, 0.15) is 51.4 Å². The van der Waals surface area contributed by atoms with Gasteiger partial charge in [-0.1, -0.05) is 32.1 Å². The van der Waals surface area contributed by atoms with Gasteiger partial charge >= 0.3 is 0 Å². The fraction of sp³-hybridized carbons (Fsp3) is 1.00. The van der Waals surface area contributed by atoms with Gasteiger partial charge < -0.3 is 5.73 Å². The Balaban J connectivity index is 1.63. The first kappa shape index (κ1) is 8.28. The molecule has 2 unspecified atom stereocenters. The minimum Gasteiger partial charge on any atom is -0.325 e. The van der Waals surface area contributed by atoms with Crippen molar-refractivity contribution < 1.29 is 0 Å². The van der Waals surface area contributed by atoms with Crippen LogP contribution in [-0.4, -0.2) is 5.54 Å². The third-order valence-electron chi connectivity index (χ3n) is 4.94. The lowest BCUT2D eigenvalue weighted by Gasteiger charge is -2.29. The van der Waals surface area contributed by atoms with Gasteiger partial charge in [-0.05, 0) is 37.0 Å². The Morgan fingerprint density at radius 2 is 1.62 bits per heavy atom. The van der Waals surface area contributed by atoms with Crippen LogP contribution >= 0.6 is 0 Å². The maximum absolute atomic E-state index is 6.51. The fourth-order valence-electron chi connectivity index (χ4n) is 3.70. The van der Waals surface area contributed by atoms with Crippen molar-refractivity contribution in [1.29, 1.82) is 0 Å². The van der Waals surface area contributed by atoms with Crippen LogP contribution in [0.4, 0.5) is 0 Å². The summed E-state index contributed by atoms with van der Waals surface area (Å²) in [7, 11) is 0. The molecule has 3 aliphatic rings. The summed E-state index contributed by atoms with van der Waals surface area (Å²) in [6, 6.07) is 0. The molecule has 0 saturated heterocycles. The van der Waals surface area contributed by atoms with Crippen LogP contribution in [0.25, 0.3) is 0 Å². The van der Waals surface area contributed by atoms with Crippen LogP contribution in [0.3, 0.4) is 0 Å². The molecule has 2 N–H and O–H groups in total. The van der Waals surface area contributed by atoms with Gasteiger partial charge in [0.2, 0.25) is 0 Å². The molecule has 0 aromatic carbocycles. The second-order valence-electron chi connectivity index (χ2n) is 5.60. The molecule has 3 rings (SSSR count). The van der Waals surface area contributed by atoms with Crippen molar-refractivity contribution in [3.8, 4) is 0 Å². The van der Waals surface area contributed by atoms with E-state index in [-0.39, 0.29) is 0 Å². The molecular formula is C12H21N. The molecule has 0 aliphatic heterocycles. The number of hydrogen-bond donors (Lipinski definition) is 1. The van der Waals surface area contributed by atoms with E-state index in [0.29, 0.717) is 5.54 Å². The summed E-state index contributed by atoms with van der Waals surface area (Å²) in [5, 5.41) is 0. The summed E-state index contributed by atoms with van der Waals surface area (Å²) < 4.78 is 0. The van der Waals surface area contributed by atoms with E-state index >= 15 is 0 Å². The molecule has 0 bridgehead atoms. The molecule has 0 amide bonds. The summed E-state index contributed by atoms with van der Waals surface area (Å²) in [5.41, 5.74) is 6.83. The van der Waals surface area contributed by atoms with Crippen molar-refractivity contribution in [2.45, 2.75) is 56.9 Å². The van der Waals surface area contributed by atoms with E-state index in [1.165, 1.54) is 51.4 Å². The van der Waals surface area contributed by atoms with Crippen molar-refractivity contribution in [1.82, 2.24) is 0 Å². The Morgan fingerprint density at radius 1 is 0.923 bits per heavy atom. The molecular weight excluding hydrogens is 158 g/mol. The minimum atomic E-state index is 0.321. The van der Waals surface area contributed by atoms with Gasteiger partial charge in [0.15, 0.2) is 0 Å². The number of hydrogen-bond acceptors (Lipinski definition) is 1. The van der Waals surface area contributed by atoms with E-state index in [9.17, 15) is 0 Å². The largest absolute Gasteiger partial charge is 0.325 e. The number of rotatable bonds is 2. The van der Waals surface area contributed by atoms with E-state index < -0.39 is 0 Å². The maximum Gasteiger partial charge on any atom is 0.0218 e. The average Bonchev–Trinajstić information content (AvgIpc) is 2.51. The SMILES string of the molecule is NC1(C2CCCC2)CC1C1CCC1. The van der Waals surface area contributed by atoms with Crippen LogP contribution in [0.5, 0.6) is 0 Å². The summed E-state index contributed by atoms with van der Waals surface area (Å²) in [6.45, 7) is 0. The first-order chi connectivity index (χ1) is 6.31. The smallest absolute Gasteiger partial charge is 0.0218 e. The number of nitrogens with two attached hydrogens (primary N) is 1. The van der Waals surface area contributed by atoms with Gasteiger partial charge in [0, 0.05) is 5.54 Å². The lowest BCUT2D eigenvalue weighted by Crippen LogP contribution is -2.36. The van der Waals surface area contributed by atoms with Gasteiger partial charge in [-0.15, -0.1) is 0 Å². The van der Waals surface area contributed by atoms with Gasteiger partial charge in [0.25, 0.3) is 0 Å². The molecule has 0 aromatic rings. The highest BCUT2D eigenvalue weighted by atomic mass is 14.9. The van der Waals surface area contributed by atoms with Gasteiger partial charge in [-0.2, -0.15) is 0 Å². The van der Waals surface area contributed by atoms with Crippen LogP contribution in [0.15, 0.2) is 0 Å². The second-order valence-corrected chi connectivity index (χ2v) is 5.60. The zero-order valence-electron chi connectivity index (χ0n) is 8.47. The lowest BCUT2D eigenvalue weighted by molar-refractivity contribution is 0.235. The third-order valence-corrected chi connectivity index (χ3v) is 4.94. The molecule has 0 heterocycles. The molecule has 1 heteroatoms. The van der Waals surface area contributed by atoms with Gasteiger partial charge in [-0.3, -0.25) is 0 Å². The van der Waals surface area contributed by atoms with E-state index in [1.807, 2.05) is 0 Å². The van der Waals surface area contributed by atoms with Crippen molar-refractivity contribution in [3.05, 3.63) is 0 Å². The molecule has 3 fully saturated rings. The Morgan fingerprint density at radius 3 is 2.15 bits per heavy atom. The maximum atomic E-state index is 6.51. The van der Waals surface area contributed by atoms with Crippen LogP contribution in [0.2, 0.25) is 0 Å². The van der Waals surface area contributed by atoms with Crippen molar-refractivity contribution >= 4 is 0 Å². The lowest BCUT2D eigenvalue weighted by atomic mass is 9.78. The quantitative estimate of drug-likeness (QED) is 0.693. The van der Waals surface area contributed by atoms with E-state index in [1.54, 1.807) is 0 Å². The Bertz CT molecular complexity index is 203. The Hall–Kier alpha value is -0.0400. The van der Waals surface area contributed by atoms with Crippen molar-refractivity contribution in [2.24, 2.45) is 23.5 Å². The second kappa shape index (κ2) is 2.73. The van der Waals surface area contributed by atoms with E-state index in [2.05, 4.69) is 0 Å². The Labute approximate surface area is 81.1 Å². The highest BCUT2D eigenvalue weighted by Gasteiger charge is 2.59. The topological polar surface area (TPSA) is 26.0 Å². The van der Waals surface area contributed by atoms with Crippen LogP contribution in [0, 0.1) is 17.8 Å². The minimum absolute atomic E-state index is 0.321. The summed E-state index contributed by atoms with van der Waals surface area (Å²) in [5.74, 6) is 2.87. The summed E-state index contributed by atoms with van der Waals surface area (Å²) in [4.78, 5) is 0. The Kier molecular flexibility index (Phi) is 1.74. The average molecular weight is 179 g/mol. The zero-order valence-corrected chi connectivity index (χ0v) is 8.47. The molecule has 3 saturated carbocycles. The summed E-state index contributed by atoms with van der Waals surface area (Å²) >= 11 is 0. The monoisotopic (exact) mass is 179 g/mol. The fourth-order valence-corrected chi connectivity index (χ4v) is 3.70. The molecule has 0 spiro atoms. The molecule has 0 aromatic heterocycles. The third kappa shape index (κ3) is 1.16. The molecule has 1 nitrogen and oxygen atoms in total. The van der Waals surface area contributed by atoms with E-state index in [4.69, 9.17) is 5.73 Å². The summed E-state index contributed by atoms with van der Waals surface area (Å²) in [6.07, 6.45) is 11.6. The first-order valence-corrected chi connectivity index (χ1v) is 6.09. The van der Waals surface area contributed by atoms with E-state index in [0.717, 1.165) is 17.8 Å². The predicted octanol–water partition coefficient (Wildman–Crippen LogP) is 2.69. The molecule has 0 radical (unpaired) electrons.